The highest BCUT2D eigenvalue weighted by Gasteiger charge is 2.34. The molecule has 0 fully saturated rings. The Labute approximate surface area is 147 Å². The van der Waals surface area contributed by atoms with Crippen LogP contribution in [0.25, 0.3) is 0 Å². The number of thiol groups is 1. The zero-order valence-corrected chi connectivity index (χ0v) is 15.0. The number of rotatable bonds is 8. The summed E-state index contributed by atoms with van der Waals surface area (Å²) < 4.78 is 0. The van der Waals surface area contributed by atoms with Crippen LogP contribution >= 0.6 is 12.6 Å². The molecule has 24 heavy (non-hydrogen) atoms. The average molecular weight is 352 g/mol. The predicted molar refractivity (Wildman–Crippen MR) is 96.3 cm³/mol. The fraction of sp³-hybridized carbons (Fsp3) is 0.471. The number of nitrogens with zero attached hydrogens (tertiary/aromatic N) is 1. The quantitative estimate of drug-likeness (QED) is 0.624. The summed E-state index contributed by atoms with van der Waals surface area (Å²) in [6.45, 7) is 5.33. The molecule has 0 radical (unpaired) electrons. The second-order valence-corrected chi connectivity index (χ2v) is 6.29. The molecule has 132 valence electrons. The highest BCUT2D eigenvalue weighted by molar-refractivity contribution is 7.81. The summed E-state index contributed by atoms with van der Waals surface area (Å²) in [5.74, 6) is -1.88. The number of hydrogen-bond acceptors (Lipinski definition) is 4. The molecular formula is C17H24N2O4S. The lowest BCUT2D eigenvalue weighted by Gasteiger charge is -2.32. The van der Waals surface area contributed by atoms with Gasteiger partial charge >= 0.3 is 5.97 Å². The molecule has 6 nitrogen and oxygen atoms in total. The lowest BCUT2D eigenvalue weighted by atomic mass is 10.0. The van der Waals surface area contributed by atoms with Gasteiger partial charge in [-0.25, -0.2) is 4.79 Å². The summed E-state index contributed by atoms with van der Waals surface area (Å²) >= 11 is 3.87. The molecule has 0 bridgehead atoms. The smallest absolute Gasteiger partial charge is 0.326 e. The maximum absolute atomic E-state index is 12.8. The molecule has 1 aromatic carbocycles. The van der Waals surface area contributed by atoms with Crippen molar-refractivity contribution < 1.29 is 19.5 Å². The summed E-state index contributed by atoms with van der Waals surface area (Å²) in [6.07, 6.45) is 0.309. The third kappa shape index (κ3) is 5.56. The van der Waals surface area contributed by atoms with Gasteiger partial charge in [-0.05, 0) is 31.4 Å². The number of nitrogens with one attached hydrogen (secondary N) is 1. The van der Waals surface area contributed by atoms with E-state index in [0.29, 0.717) is 12.1 Å². The molecule has 0 unspecified atom stereocenters. The topological polar surface area (TPSA) is 86.7 Å². The predicted octanol–water partition coefficient (Wildman–Crippen LogP) is 1.95. The second kappa shape index (κ2) is 9.32. The van der Waals surface area contributed by atoms with E-state index >= 15 is 0 Å². The van der Waals surface area contributed by atoms with Crippen LogP contribution < -0.4 is 10.2 Å². The lowest BCUT2D eigenvalue weighted by molar-refractivity contribution is -0.140. The van der Waals surface area contributed by atoms with Crippen LogP contribution in [0.4, 0.5) is 5.69 Å². The number of hydrogen-bond donors (Lipinski definition) is 3. The number of aliphatic carboxylic acids is 1. The SMILES string of the molecule is CC(C)C[C@@H](C(=O)O)N(C(=O)[C@H](C)NC(=O)CS)c1ccccc1. The van der Waals surface area contributed by atoms with Crippen molar-refractivity contribution in [3.05, 3.63) is 30.3 Å². The normalized spacial score (nSPS) is 13.2. The minimum atomic E-state index is -1.08. The number of carbonyl (C=O) groups is 3. The van der Waals surface area contributed by atoms with E-state index in [0.717, 1.165) is 0 Å². The third-order valence-corrected chi connectivity index (χ3v) is 3.74. The van der Waals surface area contributed by atoms with Gasteiger partial charge in [0.05, 0.1) is 5.75 Å². The van der Waals surface area contributed by atoms with Crippen molar-refractivity contribution in [2.45, 2.75) is 39.3 Å². The maximum Gasteiger partial charge on any atom is 0.326 e. The van der Waals surface area contributed by atoms with Gasteiger partial charge in [0, 0.05) is 5.69 Å². The van der Waals surface area contributed by atoms with Gasteiger partial charge < -0.3 is 10.4 Å². The molecule has 2 amide bonds. The van der Waals surface area contributed by atoms with Crippen LogP contribution in [0.1, 0.15) is 27.2 Å². The van der Waals surface area contributed by atoms with E-state index < -0.39 is 24.0 Å². The maximum atomic E-state index is 12.8. The van der Waals surface area contributed by atoms with Crippen LogP contribution in [0.2, 0.25) is 0 Å². The Balaban J connectivity index is 3.20. The molecule has 0 aliphatic heterocycles. The summed E-state index contributed by atoms with van der Waals surface area (Å²) in [6, 6.07) is 6.77. The molecule has 0 aliphatic rings. The first kappa shape index (κ1) is 20.0. The molecule has 2 N–H and O–H groups in total. The average Bonchev–Trinajstić information content (AvgIpc) is 2.54. The van der Waals surface area contributed by atoms with Crippen LogP contribution in [0, 0.1) is 5.92 Å². The van der Waals surface area contributed by atoms with Crippen molar-refractivity contribution in [2.75, 3.05) is 10.7 Å². The molecule has 0 saturated heterocycles. The Morgan fingerprint density at radius 1 is 1.17 bits per heavy atom. The van der Waals surface area contributed by atoms with E-state index in [1.165, 1.54) is 11.8 Å². The van der Waals surface area contributed by atoms with Crippen LogP contribution in [0.5, 0.6) is 0 Å². The zero-order valence-electron chi connectivity index (χ0n) is 14.1. The number of amides is 2. The fourth-order valence-corrected chi connectivity index (χ4v) is 2.46. The number of carbonyl (C=O) groups excluding carboxylic acids is 2. The van der Waals surface area contributed by atoms with Gasteiger partial charge in [0.1, 0.15) is 12.1 Å². The monoisotopic (exact) mass is 352 g/mol. The first-order valence-corrected chi connectivity index (χ1v) is 8.42. The van der Waals surface area contributed by atoms with Crippen molar-refractivity contribution in [1.29, 1.82) is 0 Å². The van der Waals surface area contributed by atoms with Crippen LogP contribution in [-0.2, 0) is 14.4 Å². The number of carboxylic acid groups (broad SMARTS) is 1. The van der Waals surface area contributed by atoms with Gasteiger partial charge in [0.25, 0.3) is 0 Å². The Morgan fingerprint density at radius 3 is 2.21 bits per heavy atom. The van der Waals surface area contributed by atoms with Crippen LogP contribution in [-0.4, -0.2) is 40.7 Å². The zero-order chi connectivity index (χ0) is 18.3. The van der Waals surface area contributed by atoms with Crippen molar-refractivity contribution in [3.63, 3.8) is 0 Å². The Kier molecular flexibility index (Phi) is 7.78. The summed E-state index contributed by atoms with van der Waals surface area (Å²) in [7, 11) is 0. The Hall–Kier alpha value is -2.02. The molecule has 0 heterocycles. The summed E-state index contributed by atoms with van der Waals surface area (Å²) in [4.78, 5) is 37.4. The molecule has 0 saturated carbocycles. The van der Waals surface area contributed by atoms with Crippen molar-refractivity contribution in [2.24, 2.45) is 5.92 Å². The first-order chi connectivity index (χ1) is 11.3. The van der Waals surface area contributed by atoms with Gasteiger partial charge in [-0.1, -0.05) is 32.0 Å². The summed E-state index contributed by atoms with van der Waals surface area (Å²) in [5, 5.41) is 12.1. The van der Waals surface area contributed by atoms with E-state index in [1.807, 2.05) is 13.8 Å². The standard InChI is InChI=1S/C17H24N2O4S/c1-11(2)9-14(17(22)23)19(13-7-5-4-6-8-13)16(21)12(3)18-15(20)10-24/h4-8,11-12,14,24H,9-10H2,1-3H3,(H,18,20)(H,22,23)/t12-,14-/m0/s1. The molecule has 7 heteroatoms. The van der Waals surface area contributed by atoms with Gasteiger partial charge in [-0.3, -0.25) is 14.5 Å². The molecule has 0 aliphatic carbocycles. The van der Waals surface area contributed by atoms with E-state index in [-0.39, 0.29) is 17.6 Å². The second-order valence-electron chi connectivity index (χ2n) is 5.97. The van der Waals surface area contributed by atoms with Gasteiger partial charge in [-0.2, -0.15) is 12.6 Å². The van der Waals surface area contributed by atoms with Gasteiger partial charge in [0.2, 0.25) is 11.8 Å². The molecule has 2 atom stereocenters. The van der Waals surface area contributed by atoms with E-state index in [1.54, 1.807) is 30.3 Å². The van der Waals surface area contributed by atoms with Crippen molar-refractivity contribution in [3.8, 4) is 0 Å². The fourth-order valence-electron chi connectivity index (χ4n) is 2.37. The van der Waals surface area contributed by atoms with Gasteiger partial charge in [0.15, 0.2) is 0 Å². The highest BCUT2D eigenvalue weighted by Crippen LogP contribution is 2.22. The number of benzene rings is 1. The number of para-hydroxylation sites is 1. The third-order valence-electron chi connectivity index (χ3n) is 3.45. The minimum absolute atomic E-state index is 0.0443. The molecule has 1 aromatic rings. The highest BCUT2D eigenvalue weighted by atomic mass is 32.1. The number of carboxylic acids is 1. The van der Waals surface area contributed by atoms with E-state index in [2.05, 4.69) is 17.9 Å². The molecular weight excluding hydrogens is 328 g/mol. The molecule has 0 aromatic heterocycles. The van der Waals surface area contributed by atoms with Gasteiger partial charge in [-0.15, -0.1) is 0 Å². The van der Waals surface area contributed by atoms with Crippen molar-refractivity contribution in [1.82, 2.24) is 5.32 Å². The Bertz CT molecular complexity index is 577. The van der Waals surface area contributed by atoms with Crippen LogP contribution in [0.15, 0.2) is 30.3 Å². The Morgan fingerprint density at radius 2 is 1.75 bits per heavy atom. The molecule has 0 spiro atoms. The minimum Gasteiger partial charge on any atom is -0.480 e. The van der Waals surface area contributed by atoms with E-state index in [4.69, 9.17) is 0 Å². The number of anilines is 1. The van der Waals surface area contributed by atoms with E-state index in [9.17, 15) is 19.5 Å². The summed E-state index contributed by atoms with van der Waals surface area (Å²) in [5.41, 5.74) is 0.488. The lowest BCUT2D eigenvalue weighted by Crippen LogP contribution is -2.53. The largest absolute Gasteiger partial charge is 0.480 e. The van der Waals surface area contributed by atoms with Crippen LogP contribution in [0.3, 0.4) is 0 Å². The van der Waals surface area contributed by atoms with Crippen molar-refractivity contribution >= 4 is 36.1 Å². The first-order valence-electron chi connectivity index (χ1n) is 7.79. The molecule has 1 rings (SSSR count).